The summed E-state index contributed by atoms with van der Waals surface area (Å²) < 4.78 is 0. The molecule has 0 fully saturated rings. The standard InChI is InChI=1S/C17H23N3O7/c18-7-6-13(21)16(25)19-11(9-14(22)23)15(24)20-12(17(26)27)8-10-4-2-1-3-5-10/h1-5,11-13,21H,6-9,18H2,(H,19,25)(H,20,24)(H,22,23)(H,26,27)/t11-,12-,13-/m0/s1. The molecular weight excluding hydrogens is 358 g/mol. The Morgan fingerprint density at radius 3 is 2.07 bits per heavy atom. The maximum atomic E-state index is 12.3. The molecule has 0 heterocycles. The number of hydrogen-bond donors (Lipinski definition) is 6. The number of carbonyl (C=O) groups excluding carboxylic acids is 2. The van der Waals surface area contributed by atoms with E-state index in [1.54, 1.807) is 30.3 Å². The molecule has 3 atom stereocenters. The fourth-order valence-corrected chi connectivity index (χ4v) is 2.26. The van der Waals surface area contributed by atoms with Gasteiger partial charge in [-0.3, -0.25) is 14.4 Å². The van der Waals surface area contributed by atoms with Gasteiger partial charge in [0.1, 0.15) is 18.2 Å². The quantitative estimate of drug-likeness (QED) is 0.267. The van der Waals surface area contributed by atoms with Gasteiger partial charge in [0.15, 0.2) is 0 Å². The minimum Gasteiger partial charge on any atom is -0.481 e. The number of carboxylic acids is 2. The van der Waals surface area contributed by atoms with Gasteiger partial charge in [-0.2, -0.15) is 0 Å². The number of aliphatic hydroxyl groups excluding tert-OH is 1. The minimum absolute atomic E-state index is 0.0164. The van der Waals surface area contributed by atoms with Crippen LogP contribution in [0.3, 0.4) is 0 Å². The van der Waals surface area contributed by atoms with Crippen molar-refractivity contribution in [2.75, 3.05) is 6.54 Å². The molecule has 0 unspecified atom stereocenters. The molecular formula is C17H23N3O7. The molecule has 0 radical (unpaired) electrons. The molecule has 10 nitrogen and oxygen atoms in total. The Kier molecular flexibility index (Phi) is 8.90. The van der Waals surface area contributed by atoms with Crippen LogP contribution in [-0.4, -0.2) is 63.8 Å². The van der Waals surface area contributed by atoms with Crippen molar-refractivity contribution >= 4 is 23.8 Å². The molecule has 10 heteroatoms. The molecule has 0 aliphatic carbocycles. The van der Waals surface area contributed by atoms with E-state index in [0.29, 0.717) is 5.56 Å². The van der Waals surface area contributed by atoms with Crippen molar-refractivity contribution in [1.29, 1.82) is 0 Å². The van der Waals surface area contributed by atoms with E-state index in [9.17, 15) is 29.4 Å². The summed E-state index contributed by atoms with van der Waals surface area (Å²) in [5, 5.41) is 32.2. The van der Waals surface area contributed by atoms with Gasteiger partial charge in [0.25, 0.3) is 0 Å². The van der Waals surface area contributed by atoms with Crippen LogP contribution in [0.15, 0.2) is 30.3 Å². The lowest BCUT2D eigenvalue weighted by Gasteiger charge is -2.21. The van der Waals surface area contributed by atoms with Gasteiger partial charge < -0.3 is 31.7 Å². The largest absolute Gasteiger partial charge is 0.481 e. The Balaban J connectivity index is 2.84. The van der Waals surface area contributed by atoms with Crippen LogP contribution >= 0.6 is 0 Å². The first-order valence-electron chi connectivity index (χ1n) is 8.22. The van der Waals surface area contributed by atoms with Crippen molar-refractivity contribution in [2.24, 2.45) is 5.73 Å². The van der Waals surface area contributed by atoms with Gasteiger partial charge in [-0.05, 0) is 18.5 Å². The van der Waals surface area contributed by atoms with Crippen LogP contribution in [0.4, 0.5) is 0 Å². The molecule has 0 aliphatic heterocycles. The van der Waals surface area contributed by atoms with Crippen LogP contribution in [0.1, 0.15) is 18.4 Å². The molecule has 1 aromatic rings. The molecule has 0 saturated heterocycles. The van der Waals surface area contributed by atoms with E-state index in [2.05, 4.69) is 10.6 Å². The van der Waals surface area contributed by atoms with E-state index >= 15 is 0 Å². The second kappa shape index (κ2) is 10.9. The topological polar surface area (TPSA) is 179 Å². The van der Waals surface area contributed by atoms with Crippen LogP contribution in [0.5, 0.6) is 0 Å². The number of rotatable bonds is 11. The number of carboxylic acid groups (broad SMARTS) is 2. The lowest BCUT2D eigenvalue weighted by molar-refractivity contribution is -0.143. The van der Waals surface area contributed by atoms with E-state index in [1.807, 2.05) is 0 Å². The van der Waals surface area contributed by atoms with E-state index in [1.165, 1.54) is 0 Å². The highest BCUT2D eigenvalue weighted by Gasteiger charge is 2.29. The molecule has 7 N–H and O–H groups in total. The molecule has 0 spiro atoms. The summed E-state index contributed by atoms with van der Waals surface area (Å²) in [6, 6.07) is 5.68. The molecule has 0 aliphatic rings. The highest BCUT2D eigenvalue weighted by Crippen LogP contribution is 2.05. The number of carbonyl (C=O) groups is 4. The van der Waals surface area contributed by atoms with Gasteiger partial charge in [-0.25, -0.2) is 4.79 Å². The van der Waals surface area contributed by atoms with Gasteiger partial charge in [0.05, 0.1) is 6.42 Å². The monoisotopic (exact) mass is 381 g/mol. The molecule has 27 heavy (non-hydrogen) atoms. The van der Waals surface area contributed by atoms with Crippen LogP contribution < -0.4 is 16.4 Å². The van der Waals surface area contributed by atoms with Gasteiger partial charge in [0, 0.05) is 6.42 Å². The Labute approximate surface area is 155 Å². The normalized spacial score (nSPS) is 13.9. The Hall–Kier alpha value is -2.98. The SMILES string of the molecule is NCC[C@H](O)C(=O)N[C@@H](CC(=O)O)C(=O)N[C@@H](Cc1ccccc1)C(=O)O. The van der Waals surface area contributed by atoms with E-state index in [0.717, 1.165) is 0 Å². The molecule has 0 bridgehead atoms. The first kappa shape index (κ1) is 22.1. The number of aliphatic hydroxyl groups is 1. The number of aliphatic carboxylic acids is 2. The van der Waals surface area contributed by atoms with Crippen molar-refractivity contribution in [3.8, 4) is 0 Å². The van der Waals surface area contributed by atoms with Crippen LogP contribution in [0.2, 0.25) is 0 Å². The minimum atomic E-state index is -1.54. The van der Waals surface area contributed by atoms with Crippen molar-refractivity contribution in [1.82, 2.24) is 10.6 Å². The zero-order valence-corrected chi connectivity index (χ0v) is 14.5. The van der Waals surface area contributed by atoms with Crippen LogP contribution in [-0.2, 0) is 25.6 Å². The fourth-order valence-electron chi connectivity index (χ4n) is 2.26. The molecule has 148 valence electrons. The van der Waals surface area contributed by atoms with Crippen molar-refractivity contribution in [3.63, 3.8) is 0 Å². The molecule has 0 saturated carbocycles. The predicted octanol–water partition coefficient (Wildman–Crippen LogP) is -1.53. The smallest absolute Gasteiger partial charge is 0.326 e. The third-order valence-electron chi connectivity index (χ3n) is 3.65. The summed E-state index contributed by atoms with van der Waals surface area (Å²) in [4.78, 5) is 46.6. The Morgan fingerprint density at radius 2 is 1.56 bits per heavy atom. The van der Waals surface area contributed by atoms with Crippen molar-refractivity contribution in [3.05, 3.63) is 35.9 Å². The summed E-state index contributed by atoms with van der Waals surface area (Å²) >= 11 is 0. The van der Waals surface area contributed by atoms with Gasteiger partial charge in [-0.1, -0.05) is 30.3 Å². The molecule has 1 rings (SSSR count). The van der Waals surface area contributed by atoms with Gasteiger partial charge in [-0.15, -0.1) is 0 Å². The van der Waals surface area contributed by atoms with Crippen LogP contribution in [0.25, 0.3) is 0 Å². The highest BCUT2D eigenvalue weighted by atomic mass is 16.4. The van der Waals surface area contributed by atoms with E-state index < -0.39 is 48.4 Å². The molecule has 2 amide bonds. The van der Waals surface area contributed by atoms with Gasteiger partial charge >= 0.3 is 11.9 Å². The summed E-state index contributed by atoms with van der Waals surface area (Å²) in [5.74, 6) is -4.62. The maximum Gasteiger partial charge on any atom is 0.326 e. The second-order valence-corrected chi connectivity index (χ2v) is 5.84. The van der Waals surface area contributed by atoms with E-state index in [4.69, 9.17) is 10.8 Å². The molecule has 1 aromatic carbocycles. The predicted molar refractivity (Wildman–Crippen MR) is 93.6 cm³/mol. The summed E-state index contributed by atoms with van der Waals surface area (Å²) in [6.07, 6.45) is -2.37. The third-order valence-corrected chi connectivity index (χ3v) is 3.65. The number of nitrogens with one attached hydrogen (secondary N) is 2. The third kappa shape index (κ3) is 7.84. The highest BCUT2D eigenvalue weighted by molar-refractivity contribution is 5.93. The average Bonchev–Trinajstić information content (AvgIpc) is 2.61. The number of nitrogens with two attached hydrogens (primary N) is 1. The average molecular weight is 381 g/mol. The Bertz CT molecular complexity index is 666. The maximum absolute atomic E-state index is 12.3. The van der Waals surface area contributed by atoms with Crippen molar-refractivity contribution in [2.45, 2.75) is 37.5 Å². The van der Waals surface area contributed by atoms with Gasteiger partial charge in [0.2, 0.25) is 11.8 Å². The first-order valence-corrected chi connectivity index (χ1v) is 8.22. The number of benzene rings is 1. The lowest BCUT2D eigenvalue weighted by Crippen LogP contribution is -2.54. The number of hydrogen-bond acceptors (Lipinski definition) is 6. The first-order chi connectivity index (χ1) is 12.7. The second-order valence-electron chi connectivity index (χ2n) is 5.84. The number of amides is 2. The summed E-state index contributed by atoms with van der Waals surface area (Å²) in [7, 11) is 0. The summed E-state index contributed by atoms with van der Waals surface area (Å²) in [5.41, 5.74) is 5.89. The Morgan fingerprint density at radius 1 is 0.963 bits per heavy atom. The van der Waals surface area contributed by atoms with Crippen molar-refractivity contribution < 1.29 is 34.5 Å². The zero-order valence-electron chi connectivity index (χ0n) is 14.5. The van der Waals surface area contributed by atoms with E-state index in [-0.39, 0.29) is 19.4 Å². The fraction of sp³-hybridized carbons (Fsp3) is 0.412. The van der Waals surface area contributed by atoms with Crippen LogP contribution in [0, 0.1) is 0 Å². The molecule has 0 aromatic heterocycles. The summed E-state index contributed by atoms with van der Waals surface area (Å²) in [6.45, 7) is 0.0164. The lowest BCUT2D eigenvalue weighted by atomic mass is 10.0. The zero-order chi connectivity index (χ0) is 20.4.